The minimum absolute atomic E-state index is 0.494. The lowest BCUT2D eigenvalue weighted by Crippen LogP contribution is -2.41. The Morgan fingerprint density at radius 3 is 2.36 bits per heavy atom. The molecule has 1 aliphatic rings. The van der Waals surface area contributed by atoms with Gasteiger partial charge in [-0.3, -0.25) is 4.90 Å². The molecule has 1 saturated carbocycles. The van der Waals surface area contributed by atoms with Crippen molar-refractivity contribution < 1.29 is 0 Å². The van der Waals surface area contributed by atoms with Gasteiger partial charge in [-0.2, -0.15) is 0 Å². The largest absolute Gasteiger partial charge is 0.393 e. The van der Waals surface area contributed by atoms with Crippen molar-refractivity contribution in [2.24, 2.45) is 11.7 Å². The van der Waals surface area contributed by atoms with Crippen LogP contribution in [0.5, 0.6) is 0 Å². The molecule has 1 unspecified atom stereocenters. The molecule has 1 aliphatic carbocycles. The van der Waals surface area contributed by atoms with Crippen LogP contribution in [0.2, 0.25) is 0 Å². The van der Waals surface area contributed by atoms with Gasteiger partial charge in [0.25, 0.3) is 0 Å². The molecule has 0 radical (unpaired) electrons. The third-order valence-corrected chi connectivity index (χ3v) is 3.06. The molecule has 0 aliphatic heterocycles. The van der Waals surface area contributed by atoms with Crippen molar-refractivity contribution in [3.8, 4) is 0 Å². The maximum atomic E-state index is 5.58. The summed E-state index contributed by atoms with van der Waals surface area (Å²) in [5.74, 6) is 0.936. The van der Waals surface area contributed by atoms with Gasteiger partial charge in [-0.15, -0.1) is 0 Å². The third kappa shape index (κ3) is 3.93. The lowest BCUT2D eigenvalue weighted by atomic mass is 10.1. The lowest BCUT2D eigenvalue weighted by Gasteiger charge is -2.32. The van der Waals surface area contributed by atoms with Crippen LogP contribution in [-0.4, -0.2) is 28.5 Å². The highest BCUT2D eigenvalue weighted by molar-refractivity contribution is 7.80. The Morgan fingerprint density at radius 2 is 2.00 bits per heavy atom. The first-order valence-corrected chi connectivity index (χ1v) is 5.95. The predicted octanol–water partition coefficient (Wildman–Crippen LogP) is 2.17. The summed E-state index contributed by atoms with van der Waals surface area (Å²) in [4.78, 5) is 3.16. The number of rotatable bonds is 6. The van der Waals surface area contributed by atoms with Crippen molar-refractivity contribution in [2.75, 3.05) is 6.54 Å². The Morgan fingerprint density at radius 1 is 1.43 bits per heavy atom. The van der Waals surface area contributed by atoms with Gasteiger partial charge in [0.05, 0.1) is 4.99 Å². The highest BCUT2D eigenvalue weighted by atomic mass is 32.1. The van der Waals surface area contributed by atoms with Crippen molar-refractivity contribution in [1.29, 1.82) is 0 Å². The fourth-order valence-corrected chi connectivity index (χ4v) is 2.15. The van der Waals surface area contributed by atoms with Gasteiger partial charge < -0.3 is 5.73 Å². The van der Waals surface area contributed by atoms with E-state index >= 15 is 0 Å². The van der Waals surface area contributed by atoms with Crippen LogP contribution in [0, 0.1) is 5.92 Å². The minimum Gasteiger partial charge on any atom is -0.393 e. The Kier molecular flexibility index (Phi) is 4.32. The molecule has 0 amide bonds. The molecule has 2 nitrogen and oxygen atoms in total. The highest BCUT2D eigenvalue weighted by Gasteiger charge is 2.27. The standard InChI is InChI=1S/C11H22N2S/c1-8(2)13(7-10-4-5-10)9(3)6-11(12)14/h8-10H,4-7H2,1-3H3,(H2,12,14). The number of thiocarbonyl (C=S) groups is 1. The van der Waals surface area contributed by atoms with Crippen LogP contribution in [-0.2, 0) is 0 Å². The van der Waals surface area contributed by atoms with E-state index in [0.29, 0.717) is 17.1 Å². The van der Waals surface area contributed by atoms with Gasteiger partial charge in [-0.25, -0.2) is 0 Å². The minimum atomic E-state index is 0.494. The lowest BCUT2D eigenvalue weighted by molar-refractivity contribution is 0.160. The van der Waals surface area contributed by atoms with Crippen molar-refractivity contribution >= 4 is 17.2 Å². The Hall–Kier alpha value is -0.150. The molecule has 82 valence electrons. The molecular formula is C11H22N2S. The van der Waals surface area contributed by atoms with Crippen molar-refractivity contribution in [3.63, 3.8) is 0 Å². The molecule has 0 heterocycles. The monoisotopic (exact) mass is 214 g/mol. The van der Waals surface area contributed by atoms with Crippen molar-refractivity contribution in [3.05, 3.63) is 0 Å². The normalized spacial score (nSPS) is 18.9. The molecule has 14 heavy (non-hydrogen) atoms. The van der Waals surface area contributed by atoms with E-state index in [1.807, 2.05) is 0 Å². The van der Waals surface area contributed by atoms with Crippen molar-refractivity contribution in [2.45, 2.75) is 52.1 Å². The fourth-order valence-electron chi connectivity index (χ4n) is 1.91. The van der Waals surface area contributed by atoms with Crippen LogP contribution in [0.1, 0.15) is 40.0 Å². The molecule has 0 bridgehead atoms. The fraction of sp³-hybridized carbons (Fsp3) is 0.909. The summed E-state index contributed by atoms with van der Waals surface area (Å²) in [5, 5.41) is 0. The summed E-state index contributed by atoms with van der Waals surface area (Å²) < 4.78 is 0. The van der Waals surface area contributed by atoms with Gasteiger partial charge in [0.1, 0.15) is 0 Å². The van der Waals surface area contributed by atoms with Crippen LogP contribution in [0.4, 0.5) is 0 Å². The Labute approximate surface area is 92.8 Å². The van der Waals surface area contributed by atoms with E-state index in [1.165, 1.54) is 19.4 Å². The smallest absolute Gasteiger partial charge is 0.0742 e. The van der Waals surface area contributed by atoms with E-state index in [-0.39, 0.29) is 0 Å². The number of hydrogen-bond acceptors (Lipinski definition) is 2. The summed E-state index contributed by atoms with van der Waals surface area (Å²) in [6.07, 6.45) is 3.66. The number of nitrogens with zero attached hydrogens (tertiary/aromatic N) is 1. The molecule has 1 atom stereocenters. The zero-order chi connectivity index (χ0) is 10.7. The molecule has 3 heteroatoms. The summed E-state index contributed by atoms with van der Waals surface area (Å²) >= 11 is 4.96. The van der Waals surface area contributed by atoms with Crippen LogP contribution in [0.15, 0.2) is 0 Å². The van der Waals surface area contributed by atoms with Crippen LogP contribution < -0.4 is 5.73 Å². The molecule has 1 fully saturated rings. The van der Waals surface area contributed by atoms with E-state index in [1.54, 1.807) is 0 Å². The van der Waals surface area contributed by atoms with Gasteiger partial charge in [0.15, 0.2) is 0 Å². The van der Waals surface area contributed by atoms with E-state index in [2.05, 4.69) is 25.7 Å². The number of nitrogens with two attached hydrogens (primary N) is 1. The molecule has 1 rings (SSSR count). The van der Waals surface area contributed by atoms with E-state index in [4.69, 9.17) is 18.0 Å². The molecule has 2 N–H and O–H groups in total. The highest BCUT2D eigenvalue weighted by Crippen LogP contribution is 2.31. The maximum absolute atomic E-state index is 5.58. The average Bonchev–Trinajstić information content (AvgIpc) is 2.80. The molecular weight excluding hydrogens is 192 g/mol. The van der Waals surface area contributed by atoms with E-state index in [0.717, 1.165) is 12.3 Å². The zero-order valence-corrected chi connectivity index (χ0v) is 10.3. The van der Waals surface area contributed by atoms with Crippen LogP contribution in [0.25, 0.3) is 0 Å². The first-order chi connectivity index (χ1) is 6.50. The van der Waals surface area contributed by atoms with Crippen LogP contribution >= 0.6 is 12.2 Å². The summed E-state index contributed by atoms with van der Waals surface area (Å²) in [5.41, 5.74) is 5.58. The number of hydrogen-bond donors (Lipinski definition) is 1. The van der Waals surface area contributed by atoms with Gasteiger partial charge in [-0.1, -0.05) is 12.2 Å². The van der Waals surface area contributed by atoms with Crippen LogP contribution in [0.3, 0.4) is 0 Å². The topological polar surface area (TPSA) is 29.3 Å². The first kappa shape index (κ1) is 11.9. The third-order valence-electron chi connectivity index (χ3n) is 2.89. The molecule has 0 saturated heterocycles. The van der Waals surface area contributed by atoms with Crippen molar-refractivity contribution in [1.82, 2.24) is 4.90 Å². The quantitative estimate of drug-likeness (QED) is 0.687. The zero-order valence-electron chi connectivity index (χ0n) is 9.49. The molecule has 0 aromatic rings. The predicted molar refractivity (Wildman–Crippen MR) is 65.4 cm³/mol. The summed E-state index contributed by atoms with van der Waals surface area (Å²) in [7, 11) is 0. The van der Waals surface area contributed by atoms with Gasteiger partial charge in [-0.05, 0) is 39.5 Å². The molecule has 0 spiro atoms. The Bertz CT molecular complexity index is 199. The van der Waals surface area contributed by atoms with Gasteiger partial charge in [0.2, 0.25) is 0 Å². The first-order valence-electron chi connectivity index (χ1n) is 5.54. The summed E-state index contributed by atoms with van der Waals surface area (Å²) in [6.45, 7) is 7.94. The van der Waals surface area contributed by atoms with E-state index in [9.17, 15) is 0 Å². The molecule has 0 aromatic carbocycles. The average molecular weight is 214 g/mol. The molecule has 0 aromatic heterocycles. The van der Waals surface area contributed by atoms with Gasteiger partial charge in [0, 0.05) is 25.0 Å². The van der Waals surface area contributed by atoms with Gasteiger partial charge >= 0.3 is 0 Å². The SMILES string of the molecule is CC(C)N(CC1CC1)C(C)CC(N)=S. The Balaban J connectivity index is 2.42. The second-order valence-corrected chi connectivity index (χ2v) is 5.28. The van der Waals surface area contributed by atoms with E-state index < -0.39 is 0 Å². The second kappa shape index (κ2) is 5.08. The second-order valence-electron chi connectivity index (χ2n) is 4.75. The summed E-state index contributed by atoms with van der Waals surface area (Å²) in [6, 6.07) is 1.09. The maximum Gasteiger partial charge on any atom is 0.0742 e.